The number of hydrogen-bond donors (Lipinski definition) is 0. The molecule has 1 heterocycles. The van der Waals surface area contributed by atoms with E-state index in [0.717, 1.165) is 4.32 Å². The highest BCUT2D eigenvalue weighted by Crippen LogP contribution is 2.26. The molecule has 1 atom stereocenters. The summed E-state index contributed by atoms with van der Waals surface area (Å²) in [5.74, 6) is 0.204. The molecule has 1 rings (SSSR count). The lowest BCUT2D eigenvalue weighted by Gasteiger charge is -2.26. The van der Waals surface area contributed by atoms with Gasteiger partial charge in [-0.1, -0.05) is 44.8 Å². The fourth-order valence-corrected chi connectivity index (χ4v) is 2.98. The lowest BCUT2D eigenvalue weighted by atomic mass is 9.89. The minimum atomic E-state index is -0.375. The molecule has 19 heavy (non-hydrogen) atoms. The number of imidazole rings is 1. The van der Waals surface area contributed by atoms with Crippen LogP contribution in [-0.4, -0.2) is 43.9 Å². The van der Waals surface area contributed by atoms with Crippen LogP contribution >= 0.6 is 24.0 Å². The molecule has 0 aromatic carbocycles. The zero-order valence-corrected chi connectivity index (χ0v) is 13.7. The molecule has 106 valence electrons. The van der Waals surface area contributed by atoms with Crippen LogP contribution in [0.15, 0.2) is 18.7 Å². The molecule has 0 aliphatic rings. The molecule has 0 fully saturated rings. The molecule has 0 saturated carbocycles. The number of thioether (sulfide) groups is 1. The van der Waals surface area contributed by atoms with Crippen molar-refractivity contribution in [2.45, 2.75) is 32.6 Å². The van der Waals surface area contributed by atoms with Gasteiger partial charge in [-0.3, -0.25) is 4.79 Å². The molecule has 0 aliphatic heterocycles. The summed E-state index contributed by atoms with van der Waals surface area (Å²) in [6.45, 7) is 6.41. The smallest absolute Gasteiger partial charge is 0.153 e. The summed E-state index contributed by atoms with van der Waals surface area (Å²) in [6.07, 6.45) is 5.30. The van der Waals surface area contributed by atoms with Gasteiger partial charge in [-0.05, 0) is 0 Å². The first-order chi connectivity index (χ1) is 8.71. The van der Waals surface area contributed by atoms with E-state index in [0.29, 0.717) is 6.54 Å². The van der Waals surface area contributed by atoms with Gasteiger partial charge in [-0.2, -0.15) is 0 Å². The van der Waals surface area contributed by atoms with Gasteiger partial charge < -0.3 is 9.47 Å². The Labute approximate surface area is 124 Å². The molecule has 4 nitrogen and oxygen atoms in total. The second-order valence-corrected chi connectivity index (χ2v) is 7.48. The average Bonchev–Trinajstić information content (AvgIpc) is 2.78. The Morgan fingerprint density at radius 3 is 2.53 bits per heavy atom. The van der Waals surface area contributed by atoms with Crippen LogP contribution in [0, 0.1) is 5.41 Å². The van der Waals surface area contributed by atoms with Crippen molar-refractivity contribution in [1.82, 2.24) is 14.5 Å². The molecule has 1 unspecified atom stereocenters. The monoisotopic (exact) mass is 299 g/mol. The van der Waals surface area contributed by atoms with Gasteiger partial charge in [0, 0.05) is 38.4 Å². The van der Waals surface area contributed by atoms with Crippen LogP contribution in [0.5, 0.6) is 0 Å². The Bertz CT molecular complexity index is 435. The molecule has 0 bridgehead atoms. The van der Waals surface area contributed by atoms with Crippen molar-refractivity contribution in [1.29, 1.82) is 0 Å². The number of Topliss-reactive ketones (excluding diaryl/α,β-unsaturated/α-hetero) is 1. The van der Waals surface area contributed by atoms with E-state index in [1.165, 1.54) is 11.8 Å². The van der Waals surface area contributed by atoms with Crippen LogP contribution in [0.4, 0.5) is 0 Å². The molecule has 1 aromatic rings. The first kappa shape index (κ1) is 16.2. The highest BCUT2D eigenvalue weighted by Gasteiger charge is 2.31. The predicted octanol–water partition coefficient (Wildman–Crippen LogP) is 2.45. The Morgan fingerprint density at radius 1 is 1.47 bits per heavy atom. The minimum Gasteiger partial charge on any atom is -0.364 e. The SMILES string of the molecule is CN(C)C(=S)SC(Cn1ccnc1)C(=O)C(C)(C)C. The third kappa shape index (κ3) is 4.95. The summed E-state index contributed by atoms with van der Waals surface area (Å²) in [5, 5.41) is -0.191. The Balaban J connectivity index is 2.85. The fourth-order valence-electron chi connectivity index (χ4n) is 1.47. The van der Waals surface area contributed by atoms with Crippen molar-refractivity contribution in [3.05, 3.63) is 18.7 Å². The van der Waals surface area contributed by atoms with Crippen molar-refractivity contribution < 1.29 is 4.79 Å². The molecule has 0 saturated heterocycles. The minimum absolute atomic E-state index is 0.191. The molecular weight excluding hydrogens is 278 g/mol. The summed E-state index contributed by atoms with van der Waals surface area (Å²) in [6, 6.07) is 0. The van der Waals surface area contributed by atoms with Crippen LogP contribution in [0.2, 0.25) is 0 Å². The Hall–Kier alpha value is -0.880. The number of aromatic nitrogens is 2. The second-order valence-electron chi connectivity index (χ2n) is 5.64. The molecule has 0 radical (unpaired) electrons. The molecule has 1 aromatic heterocycles. The fraction of sp³-hybridized carbons (Fsp3) is 0.615. The van der Waals surface area contributed by atoms with E-state index in [4.69, 9.17) is 12.2 Å². The largest absolute Gasteiger partial charge is 0.364 e. The lowest BCUT2D eigenvalue weighted by molar-refractivity contribution is -0.125. The van der Waals surface area contributed by atoms with E-state index < -0.39 is 0 Å². The highest BCUT2D eigenvalue weighted by molar-refractivity contribution is 8.23. The normalized spacial score (nSPS) is 13.1. The predicted molar refractivity (Wildman–Crippen MR) is 84.4 cm³/mol. The van der Waals surface area contributed by atoms with Crippen molar-refractivity contribution in [2.75, 3.05) is 14.1 Å². The quantitative estimate of drug-likeness (QED) is 0.798. The summed E-state index contributed by atoms with van der Waals surface area (Å²) < 4.78 is 2.64. The zero-order chi connectivity index (χ0) is 14.6. The summed E-state index contributed by atoms with van der Waals surface area (Å²) in [5.41, 5.74) is -0.375. The molecule has 0 spiro atoms. The van der Waals surface area contributed by atoms with Gasteiger partial charge in [0.1, 0.15) is 4.32 Å². The van der Waals surface area contributed by atoms with Gasteiger partial charge in [0.05, 0.1) is 11.6 Å². The maximum absolute atomic E-state index is 12.5. The van der Waals surface area contributed by atoms with Gasteiger partial charge in [0.25, 0.3) is 0 Å². The van der Waals surface area contributed by atoms with Crippen molar-refractivity contribution >= 4 is 34.1 Å². The highest BCUT2D eigenvalue weighted by atomic mass is 32.2. The lowest BCUT2D eigenvalue weighted by Crippen LogP contribution is -2.35. The van der Waals surface area contributed by atoms with Crippen LogP contribution in [0.25, 0.3) is 0 Å². The zero-order valence-electron chi connectivity index (χ0n) is 12.1. The van der Waals surface area contributed by atoms with Gasteiger partial charge in [0.2, 0.25) is 0 Å². The average molecular weight is 299 g/mol. The van der Waals surface area contributed by atoms with Crippen LogP contribution in [0.3, 0.4) is 0 Å². The van der Waals surface area contributed by atoms with E-state index >= 15 is 0 Å². The van der Waals surface area contributed by atoms with Crippen molar-refractivity contribution in [3.8, 4) is 0 Å². The maximum atomic E-state index is 12.5. The van der Waals surface area contributed by atoms with Crippen molar-refractivity contribution in [2.24, 2.45) is 5.41 Å². The third-order valence-electron chi connectivity index (χ3n) is 2.58. The molecule has 6 heteroatoms. The van der Waals surface area contributed by atoms with Gasteiger partial charge in [0.15, 0.2) is 5.78 Å². The van der Waals surface area contributed by atoms with E-state index in [1.807, 2.05) is 50.5 Å². The third-order valence-corrected chi connectivity index (χ3v) is 4.44. The molecule has 0 amide bonds. The standard InChI is InChI=1S/C13H21N3OS2/c1-13(2,3)11(17)10(19-12(18)15(4)5)8-16-7-6-14-9-16/h6-7,9-10H,8H2,1-5H3. The second kappa shape index (κ2) is 6.52. The number of thiocarbonyl (C=S) groups is 1. The van der Waals surface area contributed by atoms with Crippen LogP contribution in [0.1, 0.15) is 20.8 Å². The van der Waals surface area contributed by atoms with E-state index in [-0.39, 0.29) is 16.4 Å². The van der Waals surface area contributed by atoms with Gasteiger partial charge in [-0.25, -0.2) is 4.98 Å². The summed E-state index contributed by atoms with van der Waals surface area (Å²) in [7, 11) is 3.79. The van der Waals surface area contributed by atoms with Crippen LogP contribution < -0.4 is 0 Å². The molecule has 0 aliphatic carbocycles. The Kier molecular flexibility index (Phi) is 5.55. The van der Waals surface area contributed by atoms with E-state index in [9.17, 15) is 4.79 Å². The van der Waals surface area contributed by atoms with Gasteiger partial charge in [-0.15, -0.1) is 0 Å². The summed E-state index contributed by atoms with van der Waals surface area (Å²) >= 11 is 6.75. The number of ketones is 1. The van der Waals surface area contributed by atoms with Crippen molar-refractivity contribution in [3.63, 3.8) is 0 Å². The molecular formula is C13H21N3OS2. The maximum Gasteiger partial charge on any atom is 0.153 e. The molecule has 0 N–H and O–H groups in total. The number of hydrogen-bond acceptors (Lipinski definition) is 4. The topological polar surface area (TPSA) is 38.1 Å². The van der Waals surface area contributed by atoms with E-state index in [1.54, 1.807) is 12.5 Å². The number of rotatable bonds is 4. The van der Waals surface area contributed by atoms with E-state index in [2.05, 4.69) is 4.98 Å². The first-order valence-corrected chi connectivity index (χ1v) is 7.38. The number of carbonyl (C=O) groups excluding carboxylic acids is 1. The Morgan fingerprint density at radius 2 is 2.11 bits per heavy atom. The van der Waals surface area contributed by atoms with Crippen LogP contribution in [-0.2, 0) is 11.3 Å². The first-order valence-electron chi connectivity index (χ1n) is 6.10. The number of carbonyl (C=O) groups is 1. The number of nitrogens with zero attached hydrogens (tertiary/aromatic N) is 3. The summed E-state index contributed by atoms with van der Waals surface area (Å²) in [4.78, 5) is 18.4. The van der Waals surface area contributed by atoms with Gasteiger partial charge >= 0.3 is 0 Å².